The van der Waals surface area contributed by atoms with Gasteiger partial charge in [0.05, 0.1) is 6.61 Å². The van der Waals surface area contributed by atoms with Gasteiger partial charge in [0.2, 0.25) is 21.8 Å². The van der Waals surface area contributed by atoms with Gasteiger partial charge in [-0.3, -0.25) is 4.98 Å². The SMILES string of the molecule is O=C1O[C@H]([C@@H](O)CO)C(O)=C1O.O=S(=O)([O-])c1ccc(-c2nnc(-c3ccccn3)nc2-c2ccc(S(=O)(=O)[O-])o2)o1.[Na+].[Na+]. The third kappa shape index (κ3) is 8.50. The Bertz CT molecular complexity index is 1880. The second-order valence-corrected chi connectivity index (χ2v) is 10.6. The third-order valence-corrected chi connectivity index (χ3v) is 6.60. The molecule has 4 N–H and O–H groups in total. The normalized spacial score (nSPS) is 15.4. The molecule has 222 valence electrons. The molecule has 0 fully saturated rings. The molecule has 4 aromatic heterocycles. The number of cyclic esters (lactones) is 1. The van der Waals surface area contributed by atoms with E-state index in [0.717, 1.165) is 24.3 Å². The van der Waals surface area contributed by atoms with Crippen LogP contribution >= 0.6 is 0 Å². The average molecular weight is 670 g/mol. The molecule has 0 spiro atoms. The van der Waals surface area contributed by atoms with Gasteiger partial charge in [0.25, 0.3) is 0 Å². The zero-order valence-corrected chi connectivity index (χ0v) is 28.1. The topological polar surface area (TPSA) is 299 Å². The van der Waals surface area contributed by atoms with Gasteiger partial charge in [-0.2, -0.15) is 0 Å². The van der Waals surface area contributed by atoms with E-state index in [-0.39, 0.29) is 87.8 Å². The van der Waals surface area contributed by atoms with Crippen molar-refractivity contribution in [1.29, 1.82) is 0 Å². The number of aliphatic hydroxyl groups is 4. The van der Waals surface area contributed by atoms with Crippen LogP contribution in [-0.2, 0) is 29.8 Å². The first-order chi connectivity index (χ1) is 19.7. The number of esters is 1. The molecule has 0 bridgehead atoms. The minimum Gasteiger partial charge on any atom is -0.742 e. The molecule has 18 nitrogen and oxygen atoms in total. The number of hydrogen-bond acceptors (Lipinski definition) is 18. The van der Waals surface area contributed by atoms with Gasteiger partial charge in [-0.05, 0) is 36.4 Å². The minimum atomic E-state index is -4.88. The monoisotopic (exact) mass is 670 g/mol. The first-order valence-electron chi connectivity index (χ1n) is 11.1. The number of rotatable bonds is 7. The molecular weight excluding hydrogens is 654 g/mol. The van der Waals surface area contributed by atoms with Crippen molar-refractivity contribution in [2.75, 3.05) is 6.61 Å². The number of nitrogens with zero attached hydrogens (tertiary/aromatic N) is 4. The fraction of sp³-hybridized carbons (Fsp3) is 0.136. The summed E-state index contributed by atoms with van der Waals surface area (Å²) in [6.07, 6.45) is -1.29. The predicted octanol–water partition coefficient (Wildman–Crippen LogP) is -6.14. The molecule has 0 saturated carbocycles. The molecule has 44 heavy (non-hydrogen) atoms. The maximum Gasteiger partial charge on any atom is 1.00 e. The van der Waals surface area contributed by atoms with Crippen molar-refractivity contribution in [2.45, 2.75) is 22.4 Å². The second-order valence-electron chi connectivity index (χ2n) is 8.00. The van der Waals surface area contributed by atoms with Crippen molar-refractivity contribution in [3.8, 4) is 34.4 Å². The Morgan fingerprint density at radius 3 is 1.86 bits per heavy atom. The summed E-state index contributed by atoms with van der Waals surface area (Å²) >= 11 is 0. The predicted molar refractivity (Wildman–Crippen MR) is 130 cm³/mol. The summed E-state index contributed by atoms with van der Waals surface area (Å²) in [4.78, 5) is 18.9. The van der Waals surface area contributed by atoms with Gasteiger partial charge in [0.1, 0.15) is 17.5 Å². The van der Waals surface area contributed by atoms with Crippen LogP contribution in [0.1, 0.15) is 0 Å². The number of aromatic nitrogens is 4. The number of aliphatic hydroxyl groups excluding tert-OH is 4. The zero-order valence-electron chi connectivity index (χ0n) is 22.5. The quantitative estimate of drug-likeness (QED) is 0.0807. The number of carbonyl (C=O) groups excluding carboxylic acids is 1. The van der Waals surface area contributed by atoms with E-state index in [1.807, 2.05) is 0 Å². The first kappa shape index (κ1) is 37.5. The van der Waals surface area contributed by atoms with Crippen molar-refractivity contribution >= 4 is 26.2 Å². The summed E-state index contributed by atoms with van der Waals surface area (Å²) in [5.74, 6) is -3.14. The van der Waals surface area contributed by atoms with Gasteiger partial charge in [-0.25, -0.2) is 26.6 Å². The largest absolute Gasteiger partial charge is 1.00 e. The van der Waals surface area contributed by atoms with E-state index >= 15 is 0 Å². The smallest absolute Gasteiger partial charge is 0.742 e. The van der Waals surface area contributed by atoms with Gasteiger partial charge in [0, 0.05) is 6.20 Å². The Hall–Kier alpha value is -2.73. The van der Waals surface area contributed by atoms with Crippen molar-refractivity contribution < 1.29 is 124 Å². The van der Waals surface area contributed by atoms with Gasteiger partial charge >= 0.3 is 65.1 Å². The Morgan fingerprint density at radius 2 is 1.43 bits per heavy atom. The van der Waals surface area contributed by atoms with Crippen molar-refractivity contribution in [1.82, 2.24) is 20.2 Å². The standard InChI is InChI=1S/C16H10N4O8S2.C6H8O6.2Na/c21-29(22,23)12-6-4-10(27-12)14-15(11-5-7-13(28-11)30(24,25)26)19-20-16(18-14)9-3-1-2-8-17-9;7-1-2(8)5-3(9)4(10)6(11)12-5;;/h1-8H,(H,21,22,23)(H,24,25,26);2,5,7-10H,1H2;;/q;;2*+1/p-2/t;2-,5+;;/m.0../s1. The van der Waals surface area contributed by atoms with Gasteiger partial charge in [0.15, 0.2) is 49.3 Å². The first-order valence-corrected chi connectivity index (χ1v) is 13.9. The molecule has 22 heteroatoms. The van der Waals surface area contributed by atoms with Crippen molar-refractivity contribution in [2.24, 2.45) is 0 Å². The molecule has 0 unspecified atom stereocenters. The summed E-state index contributed by atoms with van der Waals surface area (Å²) in [5.41, 5.74) is 0.0434. The second kappa shape index (κ2) is 15.0. The molecule has 0 radical (unpaired) electrons. The Morgan fingerprint density at radius 1 is 0.864 bits per heavy atom. The number of hydrogen-bond donors (Lipinski definition) is 4. The van der Waals surface area contributed by atoms with Gasteiger partial charge in [-0.1, -0.05) is 6.07 Å². The van der Waals surface area contributed by atoms with Crippen LogP contribution in [0, 0.1) is 0 Å². The van der Waals surface area contributed by atoms with Crippen LogP contribution in [0.3, 0.4) is 0 Å². The van der Waals surface area contributed by atoms with Crippen LogP contribution < -0.4 is 59.1 Å². The summed E-state index contributed by atoms with van der Waals surface area (Å²) in [6.45, 7) is -0.671. The van der Waals surface area contributed by atoms with E-state index in [4.69, 9.17) is 29.3 Å². The molecule has 2 atom stereocenters. The van der Waals surface area contributed by atoms with Crippen molar-refractivity contribution in [3.63, 3.8) is 0 Å². The Balaban J connectivity index is 0.000000410. The maximum atomic E-state index is 11.2. The summed E-state index contributed by atoms with van der Waals surface area (Å²) in [5, 5.41) is 41.2. The fourth-order valence-electron chi connectivity index (χ4n) is 3.25. The Kier molecular flexibility index (Phi) is 12.8. The number of carbonyl (C=O) groups is 1. The summed E-state index contributed by atoms with van der Waals surface area (Å²) < 4.78 is 81.5. The molecule has 0 amide bonds. The van der Waals surface area contributed by atoms with E-state index in [9.17, 15) is 30.7 Å². The molecule has 5 heterocycles. The van der Waals surface area contributed by atoms with Crippen LogP contribution in [0.5, 0.6) is 0 Å². The fourth-order valence-corrected chi connectivity index (χ4v) is 4.11. The molecule has 0 saturated heterocycles. The molecule has 4 aromatic rings. The maximum absolute atomic E-state index is 11.2. The van der Waals surface area contributed by atoms with Crippen LogP contribution in [0.4, 0.5) is 0 Å². The number of pyridine rings is 1. The van der Waals surface area contributed by atoms with E-state index in [1.54, 1.807) is 18.2 Å². The minimum absolute atomic E-state index is 0. The molecule has 1 aliphatic heterocycles. The third-order valence-electron chi connectivity index (χ3n) is 5.18. The van der Waals surface area contributed by atoms with Crippen molar-refractivity contribution in [3.05, 3.63) is 60.2 Å². The van der Waals surface area contributed by atoms with E-state index < -0.39 is 66.7 Å². The van der Waals surface area contributed by atoms with E-state index in [0.29, 0.717) is 5.69 Å². The number of ether oxygens (including phenoxy) is 1. The van der Waals surface area contributed by atoms with E-state index in [2.05, 4.69) is 24.9 Å². The molecular formula is C22H16N4Na2O14S2. The van der Waals surface area contributed by atoms with E-state index in [1.165, 1.54) is 6.20 Å². The summed E-state index contributed by atoms with van der Waals surface area (Å²) in [7, 11) is -9.76. The molecule has 1 aliphatic rings. The van der Waals surface area contributed by atoms with Gasteiger partial charge < -0.3 is 43.1 Å². The molecule has 5 rings (SSSR count). The summed E-state index contributed by atoms with van der Waals surface area (Å²) in [6, 6.07) is 9.09. The van der Waals surface area contributed by atoms with Crippen LogP contribution in [0.15, 0.2) is 79.2 Å². The average Bonchev–Trinajstić information content (AvgIpc) is 3.70. The Labute approximate surface area is 291 Å². The van der Waals surface area contributed by atoms with Crippen LogP contribution in [-0.4, -0.2) is 91.3 Å². The number of furan rings is 2. The van der Waals surface area contributed by atoms with Crippen LogP contribution in [0.2, 0.25) is 0 Å². The van der Waals surface area contributed by atoms with Gasteiger partial charge in [-0.15, -0.1) is 10.2 Å². The zero-order chi connectivity index (χ0) is 30.8. The molecule has 0 aromatic carbocycles. The molecule has 0 aliphatic carbocycles. The van der Waals surface area contributed by atoms with Crippen LogP contribution in [0.25, 0.3) is 34.4 Å².